The summed E-state index contributed by atoms with van der Waals surface area (Å²) < 4.78 is 13.9. The summed E-state index contributed by atoms with van der Waals surface area (Å²) in [5.41, 5.74) is 1.94. The first-order valence-electron chi connectivity index (χ1n) is 6.39. The van der Waals surface area contributed by atoms with E-state index in [9.17, 15) is 14.0 Å². The summed E-state index contributed by atoms with van der Waals surface area (Å²) in [6.07, 6.45) is 0. The molecule has 5 heteroatoms. The van der Waals surface area contributed by atoms with Crippen molar-refractivity contribution in [1.29, 1.82) is 0 Å². The predicted octanol–water partition coefficient (Wildman–Crippen LogP) is 3.52. The second-order valence-electron chi connectivity index (χ2n) is 4.94. The molecular weight excluding hydrogens is 293 g/mol. The highest BCUT2D eigenvalue weighted by molar-refractivity contribution is 6.52. The van der Waals surface area contributed by atoms with E-state index in [1.807, 2.05) is 6.92 Å². The summed E-state index contributed by atoms with van der Waals surface area (Å²) in [4.78, 5) is 25.4. The Morgan fingerprint density at radius 2 is 1.95 bits per heavy atom. The Hall–Kier alpha value is -2.20. The fourth-order valence-electron chi connectivity index (χ4n) is 2.41. The van der Waals surface area contributed by atoms with Crippen LogP contribution >= 0.6 is 11.6 Å². The van der Waals surface area contributed by atoms with Crippen molar-refractivity contribution in [2.24, 2.45) is 0 Å². The molecule has 3 rings (SSSR count). The molecule has 0 aromatic heterocycles. The van der Waals surface area contributed by atoms with E-state index in [1.165, 1.54) is 17.0 Å². The standard InChI is InChI=1S/C16H11ClFNO2/c1-9-5-6-14-10(7-9)15(20)16(21)19(14)8-11-12(17)3-2-4-13(11)18/h2-7H,8H2,1H3. The van der Waals surface area contributed by atoms with Gasteiger partial charge in [0.05, 0.1) is 17.8 Å². The van der Waals surface area contributed by atoms with Crippen LogP contribution in [0.15, 0.2) is 36.4 Å². The molecule has 0 N–H and O–H groups in total. The van der Waals surface area contributed by atoms with E-state index in [0.717, 1.165) is 5.56 Å². The topological polar surface area (TPSA) is 37.4 Å². The van der Waals surface area contributed by atoms with Gasteiger partial charge in [-0.3, -0.25) is 9.59 Å². The maximum atomic E-state index is 13.9. The molecule has 2 aromatic carbocycles. The molecule has 0 bridgehead atoms. The Balaban J connectivity index is 2.05. The quantitative estimate of drug-likeness (QED) is 0.796. The van der Waals surface area contributed by atoms with Crippen LogP contribution in [0.5, 0.6) is 0 Å². The Bertz CT molecular complexity index is 753. The average Bonchev–Trinajstić information content (AvgIpc) is 2.67. The van der Waals surface area contributed by atoms with Gasteiger partial charge >= 0.3 is 0 Å². The molecule has 1 aliphatic heterocycles. The molecule has 0 saturated carbocycles. The fourth-order valence-corrected chi connectivity index (χ4v) is 2.64. The summed E-state index contributed by atoms with van der Waals surface area (Å²) >= 11 is 5.98. The molecule has 0 unspecified atom stereocenters. The fraction of sp³-hybridized carbons (Fsp3) is 0.125. The van der Waals surface area contributed by atoms with Gasteiger partial charge in [-0.1, -0.05) is 29.3 Å². The van der Waals surface area contributed by atoms with E-state index < -0.39 is 17.5 Å². The number of halogens is 2. The molecule has 21 heavy (non-hydrogen) atoms. The van der Waals surface area contributed by atoms with E-state index in [2.05, 4.69) is 0 Å². The highest BCUT2D eigenvalue weighted by Crippen LogP contribution is 2.32. The van der Waals surface area contributed by atoms with Gasteiger partial charge in [0.25, 0.3) is 11.7 Å². The van der Waals surface area contributed by atoms with Crippen LogP contribution in [0.25, 0.3) is 0 Å². The van der Waals surface area contributed by atoms with Crippen LogP contribution in [-0.4, -0.2) is 11.7 Å². The molecule has 3 nitrogen and oxygen atoms in total. The number of ketones is 1. The van der Waals surface area contributed by atoms with Gasteiger partial charge in [0.15, 0.2) is 0 Å². The van der Waals surface area contributed by atoms with Gasteiger partial charge in [-0.2, -0.15) is 0 Å². The van der Waals surface area contributed by atoms with Crippen LogP contribution in [0, 0.1) is 12.7 Å². The van der Waals surface area contributed by atoms with Crippen molar-refractivity contribution in [3.05, 3.63) is 63.9 Å². The average molecular weight is 304 g/mol. The van der Waals surface area contributed by atoms with Crippen molar-refractivity contribution < 1.29 is 14.0 Å². The van der Waals surface area contributed by atoms with Crippen molar-refractivity contribution in [2.45, 2.75) is 13.5 Å². The SMILES string of the molecule is Cc1ccc2c(c1)C(=O)C(=O)N2Cc1c(F)cccc1Cl. The molecule has 106 valence electrons. The van der Waals surface area contributed by atoms with Crippen LogP contribution < -0.4 is 4.90 Å². The molecule has 1 heterocycles. The summed E-state index contributed by atoms with van der Waals surface area (Å²) in [7, 11) is 0. The summed E-state index contributed by atoms with van der Waals surface area (Å²) in [6, 6.07) is 9.49. The van der Waals surface area contributed by atoms with Gasteiger partial charge in [-0.05, 0) is 31.2 Å². The lowest BCUT2D eigenvalue weighted by atomic mass is 10.1. The minimum absolute atomic E-state index is 0.0634. The van der Waals surface area contributed by atoms with E-state index in [0.29, 0.717) is 11.3 Å². The van der Waals surface area contributed by atoms with Crippen LogP contribution in [0.4, 0.5) is 10.1 Å². The van der Waals surface area contributed by atoms with Gasteiger partial charge in [0.1, 0.15) is 5.82 Å². The number of hydrogen-bond donors (Lipinski definition) is 0. The molecule has 0 spiro atoms. The number of hydrogen-bond acceptors (Lipinski definition) is 2. The maximum Gasteiger partial charge on any atom is 0.299 e. The highest BCUT2D eigenvalue weighted by Gasteiger charge is 2.36. The summed E-state index contributed by atoms with van der Waals surface area (Å²) in [5.74, 6) is -1.72. The summed E-state index contributed by atoms with van der Waals surface area (Å²) in [5, 5.41) is 0.232. The van der Waals surface area contributed by atoms with Crippen LogP contribution in [0.3, 0.4) is 0 Å². The molecular formula is C16H11ClFNO2. The normalized spacial score (nSPS) is 13.8. The van der Waals surface area contributed by atoms with E-state index in [-0.39, 0.29) is 17.1 Å². The van der Waals surface area contributed by atoms with Gasteiger partial charge in [-0.15, -0.1) is 0 Å². The zero-order valence-electron chi connectivity index (χ0n) is 11.2. The van der Waals surface area contributed by atoms with Crippen molar-refractivity contribution in [3.8, 4) is 0 Å². The number of amides is 1. The first-order chi connectivity index (χ1) is 9.99. The predicted molar refractivity (Wildman–Crippen MR) is 78.1 cm³/mol. The number of nitrogens with zero attached hydrogens (tertiary/aromatic N) is 1. The van der Waals surface area contributed by atoms with E-state index >= 15 is 0 Å². The Labute approximate surface area is 125 Å². The van der Waals surface area contributed by atoms with Crippen molar-refractivity contribution in [3.63, 3.8) is 0 Å². The molecule has 0 atom stereocenters. The van der Waals surface area contributed by atoms with Gasteiger partial charge < -0.3 is 4.90 Å². The minimum atomic E-state index is -0.657. The van der Waals surface area contributed by atoms with Crippen LogP contribution in [0.1, 0.15) is 21.5 Å². The lowest BCUT2D eigenvalue weighted by molar-refractivity contribution is -0.114. The monoisotopic (exact) mass is 303 g/mol. The van der Waals surface area contributed by atoms with E-state index in [1.54, 1.807) is 24.3 Å². The number of aryl methyl sites for hydroxylation is 1. The molecule has 0 fully saturated rings. The lowest BCUT2D eigenvalue weighted by Crippen LogP contribution is -2.29. The number of Topliss-reactive ketones (excluding diaryl/α,β-unsaturated/α-hetero) is 1. The Kier molecular flexibility index (Phi) is 3.26. The third-order valence-electron chi connectivity index (χ3n) is 3.50. The number of carbonyl (C=O) groups excluding carboxylic acids is 2. The molecule has 0 saturated heterocycles. The van der Waals surface area contributed by atoms with E-state index in [4.69, 9.17) is 11.6 Å². The number of rotatable bonds is 2. The minimum Gasteiger partial charge on any atom is -0.300 e. The third kappa shape index (κ3) is 2.21. The number of carbonyl (C=O) groups is 2. The number of fused-ring (bicyclic) bond motifs is 1. The maximum absolute atomic E-state index is 13.9. The summed E-state index contributed by atoms with van der Waals surface area (Å²) in [6.45, 7) is 1.78. The van der Waals surface area contributed by atoms with Crippen molar-refractivity contribution in [1.82, 2.24) is 0 Å². The molecule has 1 aliphatic rings. The first kappa shape index (κ1) is 13.8. The Morgan fingerprint density at radius 3 is 2.67 bits per heavy atom. The molecule has 0 aliphatic carbocycles. The molecule has 1 amide bonds. The Morgan fingerprint density at radius 1 is 1.19 bits per heavy atom. The number of benzene rings is 2. The first-order valence-corrected chi connectivity index (χ1v) is 6.76. The van der Waals surface area contributed by atoms with Crippen molar-refractivity contribution in [2.75, 3.05) is 4.90 Å². The van der Waals surface area contributed by atoms with Crippen LogP contribution in [0.2, 0.25) is 5.02 Å². The second-order valence-corrected chi connectivity index (χ2v) is 5.35. The van der Waals surface area contributed by atoms with Crippen LogP contribution in [-0.2, 0) is 11.3 Å². The lowest BCUT2D eigenvalue weighted by Gasteiger charge is -2.18. The zero-order valence-corrected chi connectivity index (χ0v) is 11.9. The molecule has 2 aromatic rings. The van der Waals surface area contributed by atoms with Gasteiger partial charge in [0.2, 0.25) is 0 Å². The smallest absolute Gasteiger partial charge is 0.299 e. The third-order valence-corrected chi connectivity index (χ3v) is 3.86. The zero-order chi connectivity index (χ0) is 15.1. The van der Waals surface area contributed by atoms with Gasteiger partial charge in [0, 0.05) is 10.6 Å². The number of anilines is 1. The largest absolute Gasteiger partial charge is 0.300 e. The van der Waals surface area contributed by atoms with Crippen molar-refractivity contribution >= 4 is 29.0 Å². The highest BCUT2D eigenvalue weighted by atomic mass is 35.5. The van der Waals surface area contributed by atoms with Gasteiger partial charge in [-0.25, -0.2) is 4.39 Å². The second kappa shape index (κ2) is 4.97. The molecule has 0 radical (unpaired) electrons.